The summed E-state index contributed by atoms with van der Waals surface area (Å²) < 4.78 is 7.08. The molecule has 0 bridgehead atoms. The zero-order valence-electron chi connectivity index (χ0n) is 14.1. The summed E-state index contributed by atoms with van der Waals surface area (Å²) in [6.45, 7) is 2.72. The molecule has 4 aromatic rings. The average molecular weight is 364 g/mol. The second-order valence-corrected chi connectivity index (χ2v) is 6.85. The minimum Gasteiger partial charge on any atom is -0.486 e. The molecule has 0 amide bonds. The molecule has 6 nitrogen and oxygen atoms in total. The zero-order chi connectivity index (χ0) is 17.9. The van der Waals surface area contributed by atoms with Crippen LogP contribution in [0.5, 0.6) is 5.75 Å². The third-order valence-corrected chi connectivity index (χ3v) is 4.79. The van der Waals surface area contributed by atoms with Gasteiger partial charge in [-0.3, -0.25) is 4.79 Å². The van der Waals surface area contributed by atoms with Crippen molar-refractivity contribution in [3.8, 4) is 5.75 Å². The highest BCUT2D eigenvalue weighted by atomic mass is 32.1. The molecule has 2 aromatic heterocycles. The molecule has 0 atom stereocenters. The minimum atomic E-state index is -0.166. The van der Waals surface area contributed by atoms with Crippen molar-refractivity contribution in [3.63, 3.8) is 0 Å². The number of aromatic nitrogens is 4. The second kappa shape index (κ2) is 7.05. The van der Waals surface area contributed by atoms with Gasteiger partial charge < -0.3 is 4.74 Å². The van der Waals surface area contributed by atoms with Crippen LogP contribution in [-0.4, -0.2) is 20.0 Å². The molecule has 0 saturated heterocycles. The highest BCUT2D eigenvalue weighted by Gasteiger charge is 2.09. The summed E-state index contributed by atoms with van der Waals surface area (Å²) in [7, 11) is 0. The van der Waals surface area contributed by atoms with E-state index < -0.39 is 0 Å². The molecule has 0 aliphatic rings. The molecule has 0 aliphatic carbocycles. The number of hydrogen-bond donors (Lipinski definition) is 0. The van der Waals surface area contributed by atoms with Crippen molar-refractivity contribution in [1.82, 2.24) is 20.0 Å². The number of nitrogens with zero attached hydrogens (tertiary/aromatic N) is 4. The van der Waals surface area contributed by atoms with Crippen molar-refractivity contribution < 1.29 is 4.74 Å². The van der Waals surface area contributed by atoms with Gasteiger partial charge in [-0.15, -0.1) is 16.4 Å². The van der Waals surface area contributed by atoms with Gasteiger partial charge in [0.1, 0.15) is 22.9 Å². The molecular formula is C19H16N4O2S. The molecule has 0 aliphatic heterocycles. The standard InChI is InChI=1S/C19H16N4O2S/c1-13-6-8-15(9-7-13)25-11-18-20-14(12-26-18)10-23-19(24)16-4-2-3-5-17(16)21-22-23/h2-9,12H,10-11H2,1H3. The van der Waals surface area contributed by atoms with Crippen molar-refractivity contribution in [1.29, 1.82) is 0 Å². The summed E-state index contributed by atoms with van der Waals surface area (Å²) in [5.74, 6) is 0.809. The third kappa shape index (κ3) is 3.48. The van der Waals surface area contributed by atoms with Gasteiger partial charge in [-0.05, 0) is 31.2 Å². The van der Waals surface area contributed by atoms with Gasteiger partial charge in [-0.2, -0.15) is 0 Å². The van der Waals surface area contributed by atoms with Crippen LogP contribution < -0.4 is 10.3 Å². The summed E-state index contributed by atoms with van der Waals surface area (Å²) >= 11 is 1.50. The minimum absolute atomic E-state index is 0.166. The summed E-state index contributed by atoms with van der Waals surface area (Å²) in [6, 6.07) is 15.1. The fourth-order valence-corrected chi connectivity index (χ4v) is 3.24. The second-order valence-electron chi connectivity index (χ2n) is 5.90. The van der Waals surface area contributed by atoms with Crippen molar-refractivity contribution in [2.24, 2.45) is 0 Å². The van der Waals surface area contributed by atoms with Crippen molar-refractivity contribution in [2.45, 2.75) is 20.1 Å². The SMILES string of the molecule is Cc1ccc(OCc2nc(Cn3nnc4ccccc4c3=O)cs2)cc1. The van der Waals surface area contributed by atoms with E-state index in [1.54, 1.807) is 12.1 Å². The van der Waals surface area contributed by atoms with E-state index in [1.165, 1.54) is 21.6 Å². The number of fused-ring (bicyclic) bond motifs is 1. The Balaban J connectivity index is 1.47. The fourth-order valence-electron chi connectivity index (χ4n) is 2.55. The summed E-state index contributed by atoms with van der Waals surface area (Å²) in [6.07, 6.45) is 0. The topological polar surface area (TPSA) is 69.9 Å². The first kappa shape index (κ1) is 16.4. The van der Waals surface area contributed by atoms with Gasteiger partial charge in [0.15, 0.2) is 0 Å². The number of rotatable bonds is 5. The molecule has 0 unspecified atom stereocenters. The number of aryl methyl sites for hydroxylation is 1. The average Bonchev–Trinajstić information content (AvgIpc) is 3.11. The van der Waals surface area contributed by atoms with E-state index in [4.69, 9.17) is 4.74 Å². The molecule has 2 aromatic carbocycles. The molecule has 0 saturated carbocycles. The molecule has 0 N–H and O–H groups in total. The van der Waals surface area contributed by atoms with Crippen molar-refractivity contribution in [3.05, 3.63) is 80.5 Å². The van der Waals surface area contributed by atoms with Crippen LogP contribution in [0.2, 0.25) is 0 Å². The van der Waals surface area contributed by atoms with Crippen molar-refractivity contribution in [2.75, 3.05) is 0 Å². The van der Waals surface area contributed by atoms with Crippen LogP contribution in [0.4, 0.5) is 0 Å². The maximum absolute atomic E-state index is 12.5. The maximum Gasteiger partial charge on any atom is 0.277 e. The Morgan fingerprint density at radius 3 is 2.77 bits per heavy atom. The van der Waals surface area contributed by atoms with Crippen LogP contribution >= 0.6 is 11.3 Å². The van der Waals surface area contributed by atoms with Crippen LogP contribution in [-0.2, 0) is 13.2 Å². The first-order valence-electron chi connectivity index (χ1n) is 8.14. The highest BCUT2D eigenvalue weighted by Crippen LogP contribution is 2.16. The molecule has 0 radical (unpaired) electrons. The van der Waals surface area contributed by atoms with E-state index in [0.717, 1.165) is 16.5 Å². The van der Waals surface area contributed by atoms with Gasteiger partial charge in [0.05, 0.1) is 17.6 Å². The van der Waals surface area contributed by atoms with Crippen LogP contribution in [0, 0.1) is 6.92 Å². The third-order valence-electron chi connectivity index (χ3n) is 3.92. The van der Waals surface area contributed by atoms with Gasteiger partial charge in [0.25, 0.3) is 5.56 Å². The lowest BCUT2D eigenvalue weighted by Crippen LogP contribution is -2.24. The van der Waals surface area contributed by atoms with Crippen LogP contribution in [0.25, 0.3) is 10.9 Å². The number of ether oxygens (including phenoxy) is 1. The molecule has 0 spiro atoms. The van der Waals surface area contributed by atoms with Gasteiger partial charge in [0, 0.05) is 5.38 Å². The predicted octanol–water partition coefficient (Wildman–Crippen LogP) is 3.18. The molecule has 7 heteroatoms. The molecule has 0 fully saturated rings. The molecular weight excluding hydrogens is 348 g/mol. The molecule has 26 heavy (non-hydrogen) atoms. The Labute approximate surface area is 153 Å². The van der Waals surface area contributed by atoms with E-state index in [2.05, 4.69) is 15.3 Å². The van der Waals surface area contributed by atoms with E-state index in [-0.39, 0.29) is 12.1 Å². The van der Waals surface area contributed by atoms with Crippen LogP contribution in [0.1, 0.15) is 16.3 Å². The Kier molecular flexibility index (Phi) is 4.45. The van der Waals surface area contributed by atoms with E-state index in [1.807, 2.05) is 48.7 Å². The van der Waals surface area contributed by atoms with E-state index >= 15 is 0 Å². The molecule has 130 valence electrons. The maximum atomic E-state index is 12.5. The Bertz CT molecular complexity index is 1100. The van der Waals surface area contributed by atoms with Crippen LogP contribution in [0.15, 0.2) is 58.7 Å². The zero-order valence-corrected chi connectivity index (χ0v) is 14.9. The smallest absolute Gasteiger partial charge is 0.277 e. The summed E-state index contributed by atoms with van der Waals surface area (Å²) in [4.78, 5) is 17.0. The first-order valence-corrected chi connectivity index (χ1v) is 9.02. The van der Waals surface area contributed by atoms with Gasteiger partial charge in [0.2, 0.25) is 0 Å². The monoisotopic (exact) mass is 364 g/mol. The fraction of sp³-hybridized carbons (Fsp3) is 0.158. The van der Waals surface area contributed by atoms with Gasteiger partial charge >= 0.3 is 0 Å². The van der Waals surface area contributed by atoms with Crippen molar-refractivity contribution >= 4 is 22.2 Å². The number of benzene rings is 2. The first-order chi connectivity index (χ1) is 12.7. The highest BCUT2D eigenvalue weighted by molar-refractivity contribution is 7.09. The van der Waals surface area contributed by atoms with E-state index in [0.29, 0.717) is 17.5 Å². The van der Waals surface area contributed by atoms with E-state index in [9.17, 15) is 4.79 Å². The lowest BCUT2D eigenvalue weighted by molar-refractivity contribution is 0.305. The lowest BCUT2D eigenvalue weighted by atomic mass is 10.2. The lowest BCUT2D eigenvalue weighted by Gasteiger charge is -2.04. The predicted molar refractivity (Wildman–Crippen MR) is 101 cm³/mol. The van der Waals surface area contributed by atoms with Crippen LogP contribution in [0.3, 0.4) is 0 Å². The molecule has 2 heterocycles. The number of hydrogen-bond acceptors (Lipinski definition) is 6. The Hall–Kier alpha value is -3.06. The van der Waals surface area contributed by atoms with Gasteiger partial charge in [-0.25, -0.2) is 9.67 Å². The summed E-state index contributed by atoms with van der Waals surface area (Å²) in [5, 5.41) is 11.4. The largest absolute Gasteiger partial charge is 0.486 e. The number of thiazole rings is 1. The Morgan fingerprint density at radius 1 is 1.12 bits per heavy atom. The normalized spacial score (nSPS) is 11.0. The summed E-state index contributed by atoms with van der Waals surface area (Å²) in [5.41, 5.74) is 2.39. The molecule has 4 rings (SSSR count). The Morgan fingerprint density at radius 2 is 1.92 bits per heavy atom. The quantitative estimate of drug-likeness (QED) is 0.544. The van der Waals surface area contributed by atoms with Gasteiger partial charge in [-0.1, -0.05) is 35.0 Å².